The molecule has 74 heavy (non-hydrogen) atoms. The Bertz CT molecular complexity index is 4280. The van der Waals surface area contributed by atoms with Crippen molar-refractivity contribution in [1.82, 2.24) is 25.0 Å². The van der Waals surface area contributed by atoms with E-state index in [1.807, 2.05) is 60.7 Å². The van der Waals surface area contributed by atoms with Crippen molar-refractivity contribution in [3.05, 3.63) is 255 Å². The summed E-state index contributed by atoms with van der Waals surface area (Å²) >= 11 is 0. The monoisotopic (exact) mass is 950 g/mol. The molecule has 0 N–H and O–H groups in total. The Morgan fingerprint density at radius 3 is 1.11 bits per heavy atom. The highest BCUT2D eigenvalue weighted by Gasteiger charge is 2.22. The fraction of sp³-hybridized carbons (Fsp3) is 0. The van der Waals surface area contributed by atoms with Gasteiger partial charge in [-0.2, -0.15) is 0 Å². The molecule has 0 spiro atoms. The average molecular weight is 951 g/mol. The molecule has 3 heterocycles. The van der Waals surface area contributed by atoms with Crippen LogP contribution in [0.5, 0.6) is 0 Å². The van der Waals surface area contributed by atoms with Crippen LogP contribution >= 0.6 is 0 Å². The molecule has 0 amide bonds. The minimum atomic E-state index is 0.464. The summed E-state index contributed by atoms with van der Waals surface area (Å²) in [4.78, 5) is 2.35. The van der Waals surface area contributed by atoms with Gasteiger partial charge < -0.3 is 18.3 Å². The van der Waals surface area contributed by atoms with E-state index < -0.39 is 0 Å². The summed E-state index contributed by atoms with van der Waals surface area (Å²) in [6.07, 6.45) is 0. The summed E-state index contributed by atoms with van der Waals surface area (Å²) in [6.45, 7) is 0. The predicted octanol–water partition coefficient (Wildman–Crippen LogP) is 17.3. The molecule has 3 aromatic heterocycles. The van der Waals surface area contributed by atoms with Crippen molar-refractivity contribution in [2.75, 3.05) is 4.90 Å². The number of hydrogen-bond acceptors (Lipinski definition) is 7. The Kier molecular flexibility index (Phi) is 10.3. The molecule has 8 nitrogen and oxygen atoms in total. The van der Waals surface area contributed by atoms with Crippen molar-refractivity contribution in [3.63, 3.8) is 0 Å². The van der Waals surface area contributed by atoms with Gasteiger partial charge in [0.25, 0.3) is 0 Å². The topological polar surface area (TPSA) is 86.0 Å². The third-order valence-corrected chi connectivity index (χ3v) is 14.0. The van der Waals surface area contributed by atoms with Gasteiger partial charge in [0.1, 0.15) is 0 Å². The van der Waals surface area contributed by atoms with E-state index in [0.29, 0.717) is 23.6 Å². The molecule has 0 aliphatic rings. The summed E-state index contributed by atoms with van der Waals surface area (Å²) in [5, 5.41) is 24.6. The first-order valence-corrected chi connectivity index (χ1v) is 24.6. The van der Waals surface area contributed by atoms with Crippen molar-refractivity contribution in [2.24, 2.45) is 0 Å². The standard InChI is InChI=1S/C66H42N6O2/c1-4-16-45(17-5-1)63-67-69-65(73-63)47-32-28-43(29-33-47)61-55-24-10-11-25-56(55)62(44-30-34-48(35-31-44)66-70-68-64(74-66)46-18-6-2-7-19-46)58-42-52(40-41-57(58)61)71(49-20-8-3-9-21-49)50-36-38-51(39-37-50)72-59-26-14-12-22-53(59)54-23-13-15-27-60(54)72/h1-42H. The second-order valence-corrected chi connectivity index (χ2v) is 18.3. The van der Waals surface area contributed by atoms with Gasteiger partial charge in [-0.05, 0) is 153 Å². The Morgan fingerprint density at radius 1 is 0.270 bits per heavy atom. The lowest BCUT2D eigenvalue weighted by Crippen LogP contribution is -2.10. The second kappa shape index (κ2) is 17.9. The lowest BCUT2D eigenvalue weighted by molar-refractivity contribution is 0.584. The second-order valence-electron chi connectivity index (χ2n) is 18.3. The highest BCUT2D eigenvalue weighted by molar-refractivity contribution is 6.22. The van der Waals surface area contributed by atoms with Crippen LogP contribution in [-0.2, 0) is 0 Å². The van der Waals surface area contributed by atoms with Crippen LogP contribution in [0.1, 0.15) is 0 Å². The largest absolute Gasteiger partial charge is 0.416 e. The minimum Gasteiger partial charge on any atom is -0.416 e. The number of para-hydroxylation sites is 3. The zero-order chi connectivity index (χ0) is 49.0. The first kappa shape index (κ1) is 42.7. The summed E-state index contributed by atoms with van der Waals surface area (Å²) in [5.74, 6) is 1.90. The fourth-order valence-corrected chi connectivity index (χ4v) is 10.5. The molecule has 0 saturated carbocycles. The van der Waals surface area contributed by atoms with Crippen molar-refractivity contribution in [2.45, 2.75) is 0 Å². The molecule has 14 aromatic rings. The molecule has 0 unspecified atom stereocenters. The van der Waals surface area contributed by atoms with Crippen molar-refractivity contribution in [1.29, 1.82) is 0 Å². The SMILES string of the molecule is c1ccc(-c2nnc(-c3ccc(-c4c5ccccc5c(-c5ccc(-c6nnc(-c7ccccc7)o6)cc5)c5cc(N(c6ccccc6)c6ccc(-n7c8ccccc8c8ccccc87)cc6)ccc45)cc3)o2)cc1. The van der Waals surface area contributed by atoms with Gasteiger partial charge in [-0.15, -0.1) is 20.4 Å². The summed E-state index contributed by atoms with van der Waals surface area (Å²) in [6, 6.07) is 89.0. The van der Waals surface area contributed by atoms with Gasteiger partial charge in [0, 0.05) is 55.8 Å². The fourth-order valence-electron chi connectivity index (χ4n) is 10.5. The van der Waals surface area contributed by atoms with E-state index in [2.05, 4.69) is 224 Å². The smallest absolute Gasteiger partial charge is 0.248 e. The van der Waals surface area contributed by atoms with Crippen molar-refractivity contribution < 1.29 is 8.83 Å². The molecule has 0 fully saturated rings. The first-order valence-electron chi connectivity index (χ1n) is 24.6. The molecular weight excluding hydrogens is 909 g/mol. The molecule has 348 valence electrons. The lowest BCUT2D eigenvalue weighted by atomic mass is 9.85. The van der Waals surface area contributed by atoms with Crippen LogP contribution < -0.4 is 4.90 Å². The molecule has 11 aromatic carbocycles. The molecule has 0 aliphatic carbocycles. The van der Waals surface area contributed by atoms with E-state index in [1.54, 1.807) is 0 Å². The molecule has 0 bridgehead atoms. The van der Waals surface area contributed by atoms with E-state index in [0.717, 1.165) is 88.8 Å². The number of anilines is 3. The van der Waals surface area contributed by atoms with Gasteiger partial charge in [-0.25, -0.2) is 0 Å². The molecule has 14 rings (SSSR count). The zero-order valence-corrected chi connectivity index (χ0v) is 39.7. The summed E-state index contributed by atoms with van der Waals surface area (Å²) < 4.78 is 14.8. The van der Waals surface area contributed by atoms with Crippen LogP contribution in [0.2, 0.25) is 0 Å². The van der Waals surface area contributed by atoms with E-state index in [4.69, 9.17) is 8.83 Å². The number of fused-ring (bicyclic) bond motifs is 5. The number of rotatable bonds is 10. The van der Waals surface area contributed by atoms with Gasteiger partial charge in [0.05, 0.1) is 11.0 Å². The van der Waals surface area contributed by atoms with E-state index in [-0.39, 0.29) is 0 Å². The van der Waals surface area contributed by atoms with Crippen LogP contribution in [-0.4, -0.2) is 25.0 Å². The van der Waals surface area contributed by atoms with Gasteiger partial charge in [-0.3, -0.25) is 0 Å². The highest BCUT2D eigenvalue weighted by atomic mass is 16.4. The molecule has 0 saturated heterocycles. The van der Waals surface area contributed by atoms with E-state index >= 15 is 0 Å². The highest BCUT2D eigenvalue weighted by Crippen LogP contribution is 2.47. The predicted molar refractivity (Wildman–Crippen MR) is 299 cm³/mol. The molecular formula is C66H42N6O2. The molecule has 8 heteroatoms. The Labute approximate surface area is 425 Å². The summed E-state index contributed by atoms with van der Waals surface area (Å²) in [7, 11) is 0. The number of aromatic nitrogens is 5. The molecule has 0 atom stereocenters. The number of benzene rings is 11. The quantitative estimate of drug-likeness (QED) is 0.126. The van der Waals surface area contributed by atoms with Gasteiger partial charge in [0.2, 0.25) is 23.6 Å². The van der Waals surface area contributed by atoms with Gasteiger partial charge in [0.15, 0.2) is 0 Å². The Morgan fingerprint density at radius 2 is 0.622 bits per heavy atom. The van der Waals surface area contributed by atoms with Crippen LogP contribution in [0.4, 0.5) is 17.1 Å². The normalized spacial score (nSPS) is 11.5. The van der Waals surface area contributed by atoms with Crippen molar-refractivity contribution in [3.8, 4) is 73.8 Å². The van der Waals surface area contributed by atoms with E-state index in [9.17, 15) is 0 Å². The van der Waals surface area contributed by atoms with Crippen LogP contribution in [0.3, 0.4) is 0 Å². The zero-order valence-electron chi connectivity index (χ0n) is 39.7. The Hall–Kier alpha value is -10.2. The third kappa shape index (κ3) is 7.40. The first-order chi connectivity index (χ1) is 36.7. The van der Waals surface area contributed by atoms with Crippen LogP contribution in [0.15, 0.2) is 264 Å². The van der Waals surface area contributed by atoms with Crippen molar-refractivity contribution >= 4 is 60.4 Å². The Balaban J connectivity index is 0.929. The van der Waals surface area contributed by atoms with Crippen LogP contribution in [0.25, 0.3) is 117 Å². The average Bonchev–Trinajstić information content (AvgIpc) is 4.26. The minimum absolute atomic E-state index is 0.464. The maximum absolute atomic E-state index is 6.21. The molecule has 0 radical (unpaired) electrons. The van der Waals surface area contributed by atoms with E-state index in [1.165, 1.54) is 21.8 Å². The maximum atomic E-state index is 6.21. The maximum Gasteiger partial charge on any atom is 0.248 e. The van der Waals surface area contributed by atoms with Gasteiger partial charge >= 0.3 is 0 Å². The van der Waals surface area contributed by atoms with Crippen LogP contribution in [0, 0.1) is 0 Å². The third-order valence-electron chi connectivity index (χ3n) is 14.0. The number of hydrogen-bond donors (Lipinski definition) is 0. The lowest BCUT2D eigenvalue weighted by Gasteiger charge is -2.27. The summed E-state index contributed by atoms with van der Waals surface area (Å²) in [5.41, 5.74) is 14.4. The molecule has 0 aliphatic heterocycles. The van der Waals surface area contributed by atoms with Gasteiger partial charge in [-0.1, -0.05) is 146 Å². The number of nitrogens with zero attached hydrogens (tertiary/aromatic N) is 6.